The second-order valence-electron chi connectivity index (χ2n) is 4.92. The van der Waals surface area contributed by atoms with Crippen LogP contribution in [0.15, 0.2) is 18.2 Å². The number of carbonyl (C=O) groups excluding carboxylic acids is 1. The molecule has 2 rings (SSSR count). The highest BCUT2D eigenvalue weighted by Crippen LogP contribution is 2.21. The van der Waals surface area contributed by atoms with Crippen LogP contribution in [0.3, 0.4) is 0 Å². The fourth-order valence-electron chi connectivity index (χ4n) is 2.15. The number of rotatable bonds is 3. The van der Waals surface area contributed by atoms with Crippen LogP contribution in [-0.4, -0.2) is 36.5 Å². The molecule has 0 aliphatic carbocycles. The van der Waals surface area contributed by atoms with Gasteiger partial charge in [0, 0.05) is 24.2 Å². The molecule has 0 atom stereocenters. The summed E-state index contributed by atoms with van der Waals surface area (Å²) < 4.78 is 5.55. The van der Waals surface area contributed by atoms with Gasteiger partial charge in [-0.2, -0.15) is 0 Å². The van der Waals surface area contributed by atoms with Crippen LogP contribution in [0.1, 0.15) is 18.4 Å². The molecule has 20 heavy (non-hydrogen) atoms. The summed E-state index contributed by atoms with van der Waals surface area (Å²) in [6.45, 7) is 3.43. The summed E-state index contributed by atoms with van der Waals surface area (Å²) in [5.74, 6) is 0.715. The van der Waals surface area contributed by atoms with E-state index in [-0.39, 0.29) is 31.0 Å². The van der Waals surface area contributed by atoms with Gasteiger partial charge >= 0.3 is 0 Å². The van der Waals surface area contributed by atoms with Crippen LogP contribution < -0.4 is 10.5 Å². The first kappa shape index (κ1) is 17.1. The average molecular weight is 319 g/mol. The molecule has 4 nitrogen and oxygen atoms in total. The minimum Gasteiger partial charge on any atom is -0.483 e. The van der Waals surface area contributed by atoms with Gasteiger partial charge in [0.05, 0.1) is 0 Å². The van der Waals surface area contributed by atoms with Gasteiger partial charge in [0.25, 0.3) is 5.91 Å². The van der Waals surface area contributed by atoms with Crippen molar-refractivity contribution < 1.29 is 9.53 Å². The molecule has 2 N–H and O–H groups in total. The molecule has 0 spiro atoms. The first-order chi connectivity index (χ1) is 9.06. The van der Waals surface area contributed by atoms with Crippen molar-refractivity contribution in [2.24, 2.45) is 5.73 Å². The summed E-state index contributed by atoms with van der Waals surface area (Å²) >= 11 is 5.87. The Morgan fingerprint density at radius 1 is 1.45 bits per heavy atom. The standard InChI is InChI=1S/C14H19ClN2O2.ClH/c1-10-8-11(15)2-3-13(10)19-9-14(18)17-6-4-12(16)5-7-17;/h2-3,8,12H,4-7,9,16H2,1H3;1H. The molecule has 1 aromatic rings. The van der Waals surface area contributed by atoms with Gasteiger partial charge < -0.3 is 15.4 Å². The number of halogens is 2. The number of benzene rings is 1. The molecule has 0 radical (unpaired) electrons. The van der Waals surface area contributed by atoms with Crippen LogP contribution in [0.5, 0.6) is 5.75 Å². The van der Waals surface area contributed by atoms with Crippen LogP contribution in [0.2, 0.25) is 5.02 Å². The normalized spacial score (nSPS) is 15.7. The van der Waals surface area contributed by atoms with Crippen molar-refractivity contribution in [1.82, 2.24) is 4.90 Å². The Kier molecular flexibility index (Phi) is 6.59. The van der Waals surface area contributed by atoms with Crippen LogP contribution in [-0.2, 0) is 4.79 Å². The largest absolute Gasteiger partial charge is 0.483 e. The van der Waals surface area contributed by atoms with E-state index in [0.29, 0.717) is 10.8 Å². The van der Waals surface area contributed by atoms with Crippen LogP contribution in [0, 0.1) is 6.92 Å². The topological polar surface area (TPSA) is 55.6 Å². The number of carbonyl (C=O) groups is 1. The van der Waals surface area contributed by atoms with Gasteiger partial charge in [0.1, 0.15) is 5.75 Å². The van der Waals surface area contributed by atoms with Crippen molar-refractivity contribution in [3.05, 3.63) is 28.8 Å². The van der Waals surface area contributed by atoms with Crippen molar-refractivity contribution in [2.75, 3.05) is 19.7 Å². The minimum atomic E-state index is 0. The molecule has 1 aliphatic heterocycles. The SMILES string of the molecule is Cc1cc(Cl)ccc1OCC(=O)N1CCC(N)CC1.Cl. The van der Waals surface area contributed by atoms with Crippen LogP contribution >= 0.6 is 24.0 Å². The zero-order valence-electron chi connectivity index (χ0n) is 11.5. The number of hydrogen-bond acceptors (Lipinski definition) is 3. The van der Waals surface area contributed by atoms with Gasteiger partial charge in [-0.15, -0.1) is 12.4 Å². The Hall–Kier alpha value is -0.970. The molecule has 112 valence electrons. The smallest absolute Gasteiger partial charge is 0.260 e. The highest BCUT2D eigenvalue weighted by molar-refractivity contribution is 6.30. The van der Waals surface area contributed by atoms with Crippen molar-refractivity contribution in [3.8, 4) is 5.75 Å². The molecule has 1 amide bonds. The molecule has 6 heteroatoms. The van der Waals surface area contributed by atoms with Gasteiger partial charge in [-0.25, -0.2) is 0 Å². The highest BCUT2D eigenvalue weighted by Gasteiger charge is 2.20. The summed E-state index contributed by atoms with van der Waals surface area (Å²) in [4.78, 5) is 13.8. The van der Waals surface area contributed by atoms with Crippen molar-refractivity contribution in [2.45, 2.75) is 25.8 Å². The molecular formula is C14H20Cl2N2O2. The molecular weight excluding hydrogens is 299 g/mol. The summed E-state index contributed by atoms with van der Waals surface area (Å²) in [5, 5.41) is 0.668. The summed E-state index contributed by atoms with van der Waals surface area (Å²) in [6, 6.07) is 5.59. The zero-order chi connectivity index (χ0) is 13.8. The predicted molar refractivity (Wildman–Crippen MR) is 82.7 cm³/mol. The van der Waals surface area contributed by atoms with E-state index in [1.165, 1.54) is 0 Å². The van der Waals surface area contributed by atoms with Gasteiger partial charge in [0.2, 0.25) is 0 Å². The lowest BCUT2D eigenvalue weighted by Gasteiger charge is -2.30. The van der Waals surface area contributed by atoms with E-state index in [1.54, 1.807) is 12.1 Å². The Morgan fingerprint density at radius 2 is 2.10 bits per heavy atom. The Bertz CT molecular complexity index is 460. The maximum Gasteiger partial charge on any atom is 0.260 e. The third-order valence-corrected chi connectivity index (χ3v) is 3.62. The average Bonchev–Trinajstić information content (AvgIpc) is 2.38. The van der Waals surface area contributed by atoms with E-state index in [0.717, 1.165) is 31.5 Å². The fourth-order valence-corrected chi connectivity index (χ4v) is 2.38. The number of amides is 1. The lowest BCUT2D eigenvalue weighted by molar-refractivity contribution is -0.134. The molecule has 1 fully saturated rings. The Balaban J connectivity index is 0.00000200. The van der Waals surface area contributed by atoms with E-state index in [2.05, 4.69) is 0 Å². The fraction of sp³-hybridized carbons (Fsp3) is 0.500. The van der Waals surface area contributed by atoms with E-state index < -0.39 is 0 Å². The summed E-state index contributed by atoms with van der Waals surface area (Å²) in [7, 11) is 0. The summed E-state index contributed by atoms with van der Waals surface area (Å²) in [5.41, 5.74) is 6.75. The second-order valence-corrected chi connectivity index (χ2v) is 5.35. The molecule has 1 heterocycles. The number of nitrogens with zero attached hydrogens (tertiary/aromatic N) is 1. The van der Waals surface area contributed by atoms with Crippen molar-refractivity contribution >= 4 is 29.9 Å². The lowest BCUT2D eigenvalue weighted by atomic mass is 10.1. The Morgan fingerprint density at radius 3 is 2.70 bits per heavy atom. The van der Waals surface area contributed by atoms with E-state index in [1.807, 2.05) is 17.9 Å². The third kappa shape index (κ3) is 4.54. The van der Waals surface area contributed by atoms with Gasteiger partial charge in [0.15, 0.2) is 6.61 Å². The quantitative estimate of drug-likeness (QED) is 0.931. The minimum absolute atomic E-state index is 0. The van der Waals surface area contributed by atoms with Gasteiger partial charge in [-0.1, -0.05) is 11.6 Å². The van der Waals surface area contributed by atoms with Gasteiger partial charge in [-0.3, -0.25) is 4.79 Å². The number of piperidine rings is 1. The van der Waals surface area contributed by atoms with Crippen LogP contribution in [0.25, 0.3) is 0 Å². The monoisotopic (exact) mass is 318 g/mol. The second kappa shape index (κ2) is 7.72. The van der Waals surface area contributed by atoms with Crippen molar-refractivity contribution in [1.29, 1.82) is 0 Å². The molecule has 0 unspecified atom stereocenters. The first-order valence-electron chi connectivity index (χ1n) is 6.48. The van der Waals surface area contributed by atoms with E-state index in [9.17, 15) is 4.79 Å². The number of ether oxygens (including phenoxy) is 1. The molecule has 1 aliphatic rings. The summed E-state index contributed by atoms with van der Waals surface area (Å²) in [6.07, 6.45) is 1.73. The molecule has 0 bridgehead atoms. The zero-order valence-corrected chi connectivity index (χ0v) is 13.0. The Labute approximate surface area is 130 Å². The highest BCUT2D eigenvalue weighted by atomic mass is 35.5. The predicted octanol–water partition coefficient (Wildman–Crippen LogP) is 2.40. The third-order valence-electron chi connectivity index (χ3n) is 3.38. The maximum atomic E-state index is 12.0. The van der Waals surface area contributed by atoms with E-state index in [4.69, 9.17) is 22.1 Å². The molecule has 0 saturated carbocycles. The number of likely N-dealkylation sites (tertiary alicyclic amines) is 1. The number of nitrogens with two attached hydrogens (primary N) is 1. The van der Waals surface area contributed by atoms with Gasteiger partial charge in [-0.05, 0) is 43.5 Å². The molecule has 1 aromatic carbocycles. The van der Waals surface area contributed by atoms with Crippen molar-refractivity contribution in [3.63, 3.8) is 0 Å². The molecule has 1 saturated heterocycles. The molecule has 0 aromatic heterocycles. The van der Waals surface area contributed by atoms with E-state index >= 15 is 0 Å². The first-order valence-corrected chi connectivity index (χ1v) is 6.86. The number of hydrogen-bond donors (Lipinski definition) is 1. The number of aryl methyl sites for hydroxylation is 1. The van der Waals surface area contributed by atoms with Crippen LogP contribution in [0.4, 0.5) is 0 Å². The maximum absolute atomic E-state index is 12.0. The lowest BCUT2D eigenvalue weighted by Crippen LogP contribution is -2.44.